The average molecular weight is 341 g/mol. The van der Waals surface area contributed by atoms with E-state index in [0.29, 0.717) is 13.1 Å². The van der Waals surface area contributed by atoms with Gasteiger partial charge in [-0.15, -0.1) is 0 Å². The van der Waals surface area contributed by atoms with E-state index in [9.17, 15) is 23.3 Å². The van der Waals surface area contributed by atoms with E-state index in [4.69, 9.17) is 5.73 Å². The van der Waals surface area contributed by atoms with E-state index in [-0.39, 0.29) is 16.5 Å². The summed E-state index contributed by atoms with van der Waals surface area (Å²) in [7, 11) is -3.66. The number of likely N-dealkylation sites (tertiary alicyclic amines) is 1. The quantitative estimate of drug-likeness (QED) is 0.642. The van der Waals surface area contributed by atoms with Crippen LogP contribution in [0.1, 0.15) is 29.6 Å². The van der Waals surface area contributed by atoms with E-state index in [1.165, 1.54) is 6.07 Å². The summed E-state index contributed by atoms with van der Waals surface area (Å²) in [6.45, 7) is 0.817. The van der Waals surface area contributed by atoms with Gasteiger partial charge in [0.25, 0.3) is 11.6 Å². The number of amides is 1. The molecule has 1 aromatic carbocycles. The molecule has 8 nitrogen and oxygen atoms in total. The minimum atomic E-state index is -3.66. The van der Waals surface area contributed by atoms with Gasteiger partial charge in [-0.3, -0.25) is 14.9 Å². The van der Waals surface area contributed by atoms with Crippen molar-refractivity contribution in [3.8, 4) is 0 Å². The molecule has 1 saturated heterocycles. The topological polar surface area (TPSA) is 124 Å². The number of benzene rings is 1. The summed E-state index contributed by atoms with van der Waals surface area (Å²) >= 11 is 0. The number of hydrogen-bond donors (Lipinski definition) is 1. The predicted molar refractivity (Wildman–Crippen MR) is 83.9 cm³/mol. The molecule has 1 amide bonds. The maximum atomic E-state index is 12.7. The molecule has 126 valence electrons. The molecule has 1 aliphatic rings. The first-order valence-corrected chi connectivity index (χ1v) is 9.13. The molecule has 1 heterocycles. The van der Waals surface area contributed by atoms with Gasteiger partial charge >= 0.3 is 0 Å². The summed E-state index contributed by atoms with van der Waals surface area (Å²) in [6.07, 6.45) is 3.52. The molecule has 1 fully saturated rings. The van der Waals surface area contributed by atoms with Gasteiger partial charge in [0.15, 0.2) is 9.84 Å². The molecule has 2 N–H and O–H groups in total. The molecule has 1 aromatic rings. The molecule has 0 aliphatic carbocycles. The van der Waals surface area contributed by atoms with Crippen molar-refractivity contribution in [2.45, 2.75) is 30.2 Å². The van der Waals surface area contributed by atoms with E-state index >= 15 is 0 Å². The number of non-ortho nitro benzene ring substituents is 1. The van der Waals surface area contributed by atoms with E-state index < -0.39 is 26.4 Å². The predicted octanol–water partition coefficient (Wildman–Crippen LogP) is 0.952. The highest BCUT2D eigenvalue weighted by Gasteiger charge is 2.28. The summed E-state index contributed by atoms with van der Waals surface area (Å²) in [5.41, 5.74) is 5.27. The number of hydrogen-bond acceptors (Lipinski definition) is 6. The van der Waals surface area contributed by atoms with E-state index in [1.807, 2.05) is 0 Å². The van der Waals surface area contributed by atoms with Crippen molar-refractivity contribution in [3.63, 3.8) is 0 Å². The highest BCUT2D eigenvalue weighted by Crippen LogP contribution is 2.24. The van der Waals surface area contributed by atoms with Gasteiger partial charge in [0.2, 0.25) is 0 Å². The maximum Gasteiger partial charge on any atom is 0.271 e. The second kappa shape index (κ2) is 6.63. The van der Waals surface area contributed by atoms with Crippen LogP contribution in [-0.4, -0.2) is 49.5 Å². The smallest absolute Gasteiger partial charge is 0.271 e. The van der Waals surface area contributed by atoms with Crippen molar-refractivity contribution in [3.05, 3.63) is 33.9 Å². The van der Waals surface area contributed by atoms with Crippen LogP contribution in [-0.2, 0) is 9.84 Å². The van der Waals surface area contributed by atoms with Crippen LogP contribution in [0.25, 0.3) is 0 Å². The summed E-state index contributed by atoms with van der Waals surface area (Å²) < 4.78 is 23.4. The largest absolute Gasteiger partial charge is 0.334 e. The molecule has 1 atom stereocenters. The summed E-state index contributed by atoms with van der Waals surface area (Å²) in [5.74, 6) is -0.422. The lowest BCUT2D eigenvalue weighted by Gasteiger charge is -2.35. The Morgan fingerprint density at radius 3 is 2.65 bits per heavy atom. The van der Waals surface area contributed by atoms with Crippen molar-refractivity contribution in [2.24, 2.45) is 5.73 Å². The van der Waals surface area contributed by atoms with Crippen LogP contribution in [0.15, 0.2) is 23.1 Å². The second-order valence-electron chi connectivity index (χ2n) is 5.63. The highest BCUT2D eigenvalue weighted by molar-refractivity contribution is 7.90. The van der Waals surface area contributed by atoms with E-state index in [2.05, 4.69) is 0 Å². The summed E-state index contributed by atoms with van der Waals surface area (Å²) in [5, 5.41) is 11.0. The monoisotopic (exact) mass is 341 g/mol. The van der Waals surface area contributed by atoms with Crippen LogP contribution < -0.4 is 5.73 Å². The molecule has 1 unspecified atom stereocenters. The fourth-order valence-electron chi connectivity index (χ4n) is 2.71. The number of nitrogens with two attached hydrogens (primary N) is 1. The standard InChI is InChI=1S/C14H19N3O5S/c1-23(21,22)13-7-10(6-12(8-13)17(19)20)14(18)16-5-3-2-4-11(16)9-15/h6-8,11H,2-5,9,15H2,1H3. The van der Waals surface area contributed by atoms with Crippen molar-refractivity contribution >= 4 is 21.4 Å². The normalized spacial score (nSPS) is 18.7. The van der Waals surface area contributed by atoms with Gasteiger partial charge < -0.3 is 10.6 Å². The minimum absolute atomic E-state index is 0.0000231. The molecule has 0 bridgehead atoms. The Morgan fingerprint density at radius 1 is 1.39 bits per heavy atom. The average Bonchev–Trinajstić information content (AvgIpc) is 2.52. The van der Waals surface area contributed by atoms with Gasteiger partial charge in [0.1, 0.15) is 0 Å². The number of sulfone groups is 1. The third kappa shape index (κ3) is 3.85. The van der Waals surface area contributed by atoms with Crippen molar-refractivity contribution < 1.29 is 18.1 Å². The van der Waals surface area contributed by atoms with Crippen LogP contribution in [0, 0.1) is 10.1 Å². The first kappa shape index (κ1) is 17.4. The van der Waals surface area contributed by atoms with E-state index in [0.717, 1.165) is 37.7 Å². The SMILES string of the molecule is CS(=O)(=O)c1cc(C(=O)N2CCCCC2CN)cc([N+](=O)[O-])c1. The molecule has 0 aromatic heterocycles. The number of rotatable bonds is 4. The second-order valence-corrected chi connectivity index (χ2v) is 7.64. The Labute approximate surface area is 134 Å². The first-order chi connectivity index (χ1) is 10.7. The number of carbonyl (C=O) groups is 1. The van der Waals surface area contributed by atoms with Crippen LogP contribution in [0.4, 0.5) is 5.69 Å². The lowest BCUT2D eigenvalue weighted by molar-refractivity contribution is -0.385. The lowest BCUT2D eigenvalue weighted by atomic mass is 10.0. The number of nitrogens with zero attached hydrogens (tertiary/aromatic N) is 2. The zero-order chi connectivity index (χ0) is 17.2. The van der Waals surface area contributed by atoms with Crippen LogP contribution >= 0.6 is 0 Å². The van der Waals surface area contributed by atoms with Crippen LogP contribution in [0.5, 0.6) is 0 Å². The van der Waals surface area contributed by atoms with Gasteiger partial charge in [0.05, 0.1) is 9.82 Å². The van der Waals surface area contributed by atoms with Gasteiger partial charge in [-0.1, -0.05) is 0 Å². The van der Waals surface area contributed by atoms with Gasteiger partial charge in [-0.2, -0.15) is 0 Å². The molecular weight excluding hydrogens is 322 g/mol. The van der Waals surface area contributed by atoms with E-state index in [1.54, 1.807) is 4.90 Å². The minimum Gasteiger partial charge on any atom is -0.334 e. The Morgan fingerprint density at radius 2 is 2.09 bits per heavy atom. The third-order valence-corrected chi connectivity index (χ3v) is 5.03. The van der Waals surface area contributed by atoms with Gasteiger partial charge in [0, 0.05) is 43.1 Å². The molecule has 2 rings (SSSR count). The molecule has 9 heteroatoms. The molecule has 1 aliphatic heterocycles. The number of nitro benzene ring substituents is 1. The van der Waals surface area contributed by atoms with Crippen molar-refractivity contribution in [2.75, 3.05) is 19.3 Å². The Balaban J connectivity index is 2.47. The van der Waals surface area contributed by atoms with Gasteiger partial charge in [-0.25, -0.2) is 8.42 Å². The fourth-order valence-corrected chi connectivity index (χ4v) is 3.38. The highest BCUT2D eigenvalue weighted by atomic mass is 32.2. The van der Waals surface area contributed by atoms with Crippen LogP contribution in [0.3, 0.4) is 0 Å². The number of piperidine rings is 1. The van der Waals surface area contributed by atoms with Crippen LogP contribution in [0.2, 0.25) is 0 Å². The van der Waals surface area contributed by atoms with Gasteiger partial charge in [-0.05, 0) is 25.3 Å². The lowest BCUT2D eigenvalue weighted by Crippen LogP contribution is -2.47. The third-order valence-electron chi connectivity index (χ3n) is 3.94. The Hall–Kier alpha value is -2.00. The molecule has 0 spiro atoms. The maximum absolute atomic E-state index is 12.7. The molecular formula is C14H19N3O5S. The molecule has 23 heavy (non-hydrogen) atoms. The van der Waals surface area contributed by atoms with Crippen molar-refractivity contribution in [1.82, 2.24) is 4.90 Å². The number of nitro groups is 1. The number of carbonyl (C=O) groups excluding carboxylic acids is 1. The first-order valence-electron chi connectivity index (χ1n) is 7.24. The Bertz CT molecular complexity index is 732. The molecule has 0 saturated carbocycles. The summed E-state index contributed by atoms with van der Waals surface area (Å²) in [4.78, 5) is 24.3. The van der Waals surface area contributed by atoms with Crippen molar-refractivity contribution in [1.29, 1.82) is 0 Å². The zero-order valence-corrected chi connectivity index (χ0v) is 13.6. The molecule has 0 radical (unpaired) electrons. The fraction of sp³-hybridized carbons (Fsp3) is 0.500. The Kier molecular flexibility index (Phi) is 5.00. The zero-order valence-electron chi connectivity index (χ0n) is 12.8. The summed E-state index contributed by atoms with van der Waals surface area (Å²) in [6, 6.07) is 3.13.